The van der Waals surface area contributed by atoms with Crippen molar-refractivity contribution in [1.29, 1.82) is 0 Å². The van der Waals surface area contributed by atoms with E-state index < -0.39 is 0 Å². The average Bonchev–Trinajstić information content (AvgIpc) is 3.46. The molecule has 1 atom stereocenters. The number of fused-ring (bicyclic) bond motifs is 6. The van der Waals surface area contributed by atoms with Crippen molar-refractivity contribution in [2.24, 2.45) is 5.92 Å². The summed E-state index contributed by atoms with van der Waals surface area (Å²) in [5.74, 6) is 0.536. The number of hydrogen-bond acceptors (Lipinski definition) is 4. The summed E-state index contributed by atoms with van der Waals surface area (Å²) in [6, 6.07) is 23.0. The summed E-state index contributed by atoms with van der Waals surface area (Å²) < 4.78 is 2.86. The van der Waals surface area contributed by atoms with E-state index in [9.17, 15) is 0 Å². The molecule has 4 aromatic carbocycles. The van der Waals surface area contributed by atoms with Crippen LogP contribution < -0.4 is 0 Å². The Morgan fingerprint density at radius 2 is 1.24 bits per heavy atom. The van der Waals surface area contributed by atoms with Crippen LogP contribution in [0.2, 0.25) is 0 Å². The van der Waals surface area contributed by atoms with E-state index in [0.717, 1.165) is 6.42 Å². The Bertz CT molecular complexity index is 1620. The first-order chi connectivity index (χ1) is 16.8. The van der Waals surface area contributed by atoms with Gasteiger partial charge in [0.05, 0.1) is 8.47 Å². The Hall–Kier alpha value is -2.24. The van der Waals surface area contributed by atoms with Gasteiger partial charge >= 0.3 is 0 Å². The lowest BCUT2D eigenvalue weighted by atomic mass is 9.81. The van der Waals surface area contributed by atoms with Crippen molar-refractivity contribution < 1.29 is 0 Å². The van der Waals surface area contributed by atoms with Crippen LogP contribution in [0.25, 0.3) is 27.6 Å². The molecule has 0 saturated heterocycles. The van der Waals surface area contributed by atoms with Crippen molar-refractivity contribution in [2.45, 2.75) is 26.0 Å². The molecule has 0 saturated carbocycles. The maximum atomic E-state index is 2.45. The highest BCUT2D eigenvalue weighted by Gasteiger charge is 2.29. The van der Waals surface area contributed by atoms with Crippen molar-refractivity contribution in [3.8, 4) is 0 Å². The molecular weight excluding hydrogens is 489 g/mol. The van der Waals surface area contributed by atoms with Crippen LogP contribution >= 0.6 is 47.0 Å². The second-order valence-electron chi connectivity index (χ2n) is 9.03. The molecule has 0 amide bonds. The molecule has 0 bridgehead atoms. The number of thioether (sulfide) groups is 4. The molecule has 0 fully saturated rings. The monoisotopic (exact) mass is 506 g/mol. The summed E-state index contributed by atoms with van der Waals surface area (Å²) >= 11 is 7.80. The van der Waals surface area contributed by atoms with Crippen molar-refractivity contribution in [2.75, 3.05) is 0 Å². The first kappa shape index (κ1) is 20.0. The molecule has 2 aliphatic heterocycles. The van der Waals surface area contributed by atoms with Crippen LogP contribution in [0, 0.1) is 5.92 Å². The molecular formula is C30H18S4. The number of allylic oxidation sites excluding steroid dienone is 5. The molecule has 2 heterocycles. The minimum Gasteiger partial charge on any atom is -0.0798 e. The number of rotatable bonds is 0. The van der Waals surface area contributed by atoms with Gasteiger partial charge in [-0.05, 0) is 81.1 Å². The standard InChI is InChI=1S/C30H18S4/c1-2-6-18-10-22-14-26-25(13-21(22)9-17(18)5-1)31-29(32-26)30-33-27-15-23-11-19-7-3-4-8-20(19)12-24(23)16-28(27)34-30/h1-11,13-16,20H,12H2. The van der Waals surface area contributed by atoms with Crippen LogP contribution in [-0.4, -0.2) is 0 Å². The third-order valence-corrected chi connectivity index (χ3v) is 12.4. The van der Waals surface area contributed by atoms with E-state index >= 15 is 0 Å². The minimum absolute atomic E-state index is 0.536. The van der Waals surface area contributed by atoms with Gasteiger partial charge in [-0.25, -0.2) is 0 Å². The predicted molar refractivity (Wildman–Crippen MR) is 152 cm³/mol. The van der Waals surface area contributed by atoms with E-state index in [4.69, 9.17) is 0 Å². The summed E-state index contributed by atoms with van der Waals surface area (Å²) in [5.41, 5.74) is 4.33. The van der Waals surface area contributed by atoms with Gasteiger partial charge in [0.15, 0.2) is 0 Å². The third-order valence-electron chi connectivity index (χ3n) is 6.88. The molecule has 1 unspecified atom stereocenters. The molecule has 4 heteroatoms. The van der Waals surface area contributed by atoms with Gasteiger partial charge in [0.1, 0.15) is 0 Å². The van der Waals surface area contributed by atoms with Crippen LogP contribution in [0.15, 0.2) is 119 Å². The summed E-state index contributed by atoms with van der Waals surface area (Å²) in [4.78, 5) is 5.61. The van der Waals surface area contributed by atoms with Gasteiger partial charge in [-0.15, -0.1) is 0 Å². The van der Waals surface area contributed by atoms with Crippen LogP contribution in [0.5, 0.6) is 0 Å². The smallest absolute Gasteiger partial charge is 0.0706 e. The van der Waals surface area contributed by atoms with Crippen molar-refractivity contribution in [3.63, 3.8) is 0 Å². The fourth-order valence-electron chi connectivity index (χ4n) is 5.16. The lowest BCUT2D eigenvalue weighted by molar-refractivity contribution is 0.755. The van der Waals surface area contributed by atoms with E-state index in [0.29, 0.717) is 5.92 Å². The normalized spacial score (nSPS) is 19.9. The van der Waals surface area contributed by atoms with Crippen LogP contribution in [-0.2, 0) is 6.42 Å². The van der Waals surface area contributed by atoms with Crippen molar-refractivity contribution in [3.05, 3.63) is 110 Å². The molecule has 0 radical (unpaired) electrons. The topological polar surface area (TPSA) is 0 Å². The van der Waals surface area contributed by atoms with Crippen molar-refractivity contribution in [1.82, 2.24) is 0 Å². The van der Waals surface area contributed by atoms with E-state index in [1.54, 1.807) is 0 Å². The molecule has 0 spiro atoms. The second kappa shape index (κ2) is 7.63. The zero-order valence-electron chi connectivity index (χ0n) is 18.1. The lowest BCUT2D eigenvalue weighted by Crippen LogP contribution is -2.11. The van der Waals surface area contributed by atoms with E-state index in [2.05, 4.69) is 91.0 Å². The largest absolute Gasteiger partial charge is 0.0798 e. The number of hydrogen-bond donors (Lipinski definition) is 0. The number of benzene rings is 4. The Morgan fingerprint density at radius 1 is 0.618 bits per heavy atom. The average molecular weight is 507 g/mol. The molecule has 0 nitrogen and oxygen atoms in total. The van der Waals surface area contributed by atoms with E-state index in [1.807, 2.05) is 47.0 Å². The van der Waals surface area contributed by atoms with Gasteiger partial charge in [0.2, 0.25) is 0 Å². The molecule has 4 aliphatic rings. The fourth-order valence-corrected chi connectivity index (χ4v) is 10.6. The van der Waals surface area contributed by atoms with Gasteiger partial charge in [-0.3, -0.25) is 0 Å². The van der Waals surface area contributed by atoms with Crippen LogP contribution in [0.4, 0.5) is 0 Å². The zero-order valence-corrected chi connectivity index (χ0v) is 21.3. The first-order valence-electron chi connectivity index (χ1n) is 11.4. The third kappa shape index (κ3) is 3.20. The van der Waals surface area contributed by atoms with Gasteiger partial charge in [0.25, 0.3) is 0 Å². The first-order valence-corrected chi connectivity index (χ1v) is 14.7. The fraction of sp³-hybridized carbons (Fsp3) is 0.0667. The van der Waals surface area contributed by atoms with Crippen molar-refractivity contribution >= 4 is 74.7 Å². The van der Waals surface area contributed by atoms with E-state index in [1.165, 1.54) is 66.3 Å². The maximum absolute atomic E-state index is 2.45. The molecule has 2 aliphatic carbocycles. The van der Waals surface area contributed by atoms with Gasteiger partial charge in [0, 0.05) is 25.5 Å². The predicted octanol–water partition coefficient (Wildman–Crippen LogP) is 9.90. The highest BCUT2D eigenvalue weighted by atomic mass is 32.2. The van der Waals surface area contributed by atoms with Crippen LogP contribution in [0.1, 0.15) is 11.1 Å². The Balaban J connectivity index is 1.14. The SMILES string of the molecule is C1=CC2=Cc3cc4c(cc3CC2C=C1)SC(=C1Sc2cc3cc5ccccc5cc3cc2S1)S4. The molecule has 4 aromatic rings. The molecule has 162 valence electrons. The summed E-state index contributed by atoms with van der Waals surface area (Å²) in [6.07, 6.45) is 12.5. The minimum atomic E-state index is 0.536. The van der Waals surface area contributed by atoms with Gasteiger partial charge < -0.3 is 0 Å². The highest BCUT2D eigenvalue weighted by Crippen LogP contribution is 2.62. The molecule has 0 N–H and O–H groups in total. The quantitative estimate of drug-likeness (QED) is 0.218. The van der Waals surface area contributed by atoms with Gasteiger partial charge in [-0.2, -0.15) is 0 Å². The summed E-state index contributed by atoms with van der Waals surface area (Å²) in [6.45, 7) is 0. The Morgan fingerprint density at radius 3 is 1.91 bits per heavy atom. The van der Waals surface area contributed by atoms with Gasteiger partial charge in [-0.1, -0.05) is 102 Å². The zero-order chi connectivity index (χ0) is 22.2. The van der Waals surface area contributed by atoms with Crippen LogP contribution in [0.3, 0.4) is 0 Å². The summed E-state index contributed by atoms with van der Waals surface area (Å²) in [7, 11) is 0. The maximum Gasteiger partial charge on any atom is 0.0706 e. The molecule has 8 rings (SSSR count). The van der Waals surface area contributed by atoms with E-state index in [-0.39, 0.29) is 0 Å². The second-order valence-corrected chi connectivity index (χ2v) is 13.8. The Labute approximate surface area is 215 Å². The highest BCUT2D eigenvalue weighted by molar-refractivity contribution is 8.30. The Kier molecular flexibility index (Phi) is 4.49. The lowest BCUT2D eigenvalue weighted by Gasteiger charge is -2.24. The molecule has 34 heavy (non-hydrogen) atoms. The molecule has 0 aromatic heterocycles. The summed E-state index contributed by atoms with van der Waals surface area (Å²) in [5, 5.41) is 5.28.